The maximum Gasteiger partial charge on any atom is 0.305 e. The number of rotatable bonds is 5. The van der Waals surface area contributed by atoms with Crippen LogP contribution in [0.3, 0.4) is 0 Å². The van der Waals surface area contributed by atoms with Crippen LogP contribution in [0.4, 0.5) is 0 Å². The van der Waals surface area contributed by atoms with Gasteiger partial charge >= 0.3 is 5.97 Å². The SMILES string of the molecule is CCC(CC(=O)O)NC(=O)c1ccc2c(c1)CCO2. The van der Waals surface area contributed by atoms with Gasteiger partial charge in [0.1, 0.15) is 5.75 Å². The predicted molar refractivity (Wildman–Crippen MR) is 69.4 cm³/mol. The van der Waals surface area contributed by atoms with Crippen LogP contribution in [0.2, 0.25) is 0 Å². The van der Waals surface area contributed by atoms with Crippen LogP contribution in [0, 0.1) is 0 Å². The molecule has 2 rings (SSSR count). The number of hydrogen-bond acceptors (Lipinski definition) is 3. The first-order chi connectivity index (χ1) is 9.10. The quantitative estimate of drug-likeness (QED) is 0.846. The van der Waals surface area contributed by atoms with Gasteiger partial charge in [0, 0.05) is 18.0 Å². The van der Waals surface area contributed by atoms with Crippen LogP contribution >= 0.6 is 0 Å². The number of carboxylic acids is 1. The first kappa shape index (κ1) is 13.4. The van der Waals surface area contributed by atoms with Crippen LogP contribution in [0.25, 0.3) is 0 Å². The minimum atomic E-state index is -0.908. The number of nitrogens with one attached hydrogen (secondary N) is 1. The molecular weight excluding hydrogens is 246 g/mol. The minimum absolute atomic E-state index is 0.0592. The normalized spacial score (nSPS) is 14.4. The Labute approximate surface area is 111 Å². The number of fused-ring (bicyclic) bond motifs is 1. The van der Waals surface area contributed by atoms with E-state index < -0.39 is 5.97 Å². The summed E-state index contributed by atoms with van der Waals surface area (Å²) in [7, 11) is 0. The Morgan fingerprint density at radius 1 is 1.47 bits per heavy atom. The summed E-state index contributed by atoms with van der Waals surface area (Å²) in [5.41, 5.74) is 1.58. The van der Waals surface area contributed by atoms with Gasteiger partial charge in [0.15, 0.2) is 0 Å². The second-order valence-electron chi connectivity index (χ2n) is 4.60. The van der Waals surface area contributed by atoms with Crippen LogP contribution in [0.15, 0.2) is 18.2 Å². The molecule has 2 N–H and O–H groups in total. The van der Waals surface area contributed by atoms with Crippen LogP contribution < -0.4 is 10.1 Å². The number of aliphatic carboxylic acids is 1. The summed E-state index contributed by atoms with van der Waals surface area (Å²) in [6.07, 6.45) is 1.34. The maximum atomic E-state index is 12.1. The zero-order chi connectivity index (χ0) is 13.8. The van der Waals surface area contributed by atoms with E-state index in [1.165, 1.54) is 0 Å². The van der Waals surface area contributed by atoms with E-state index in [9.17, 15) is 9.59 Å². The average Bonchev–Trinajstić information content (AvgIpc) is 2.84. The van der Waals surface area contributed by atoms with E-state index in [0.29, 0.717) is 18.6 Å². The fourth-order valence-corrected chi connectivity index (χ4v) is 2.10. The zero-order valence-corrected chi connectivity index (χ0v) is 10.8. The second-order valence-corrected chi connectivity index (χ2v) is 4.60. The second kappa shape index (κ2) is 5.73. The predicted octanol–water partition coefficient (Wildman–Crippen LogP) is 1.60. The Kier molecular flexibility index (Phi) is 4.04. The molecule has 0 aromatic heterocycles. The molecule has 0 aliphatic carbocycles. The topological polar surface area (TPSA) is 75.6 Å². The summed E-state index contributed by atoms with van der Waals surface area (Å²) in [5, 5.41) is 11.5. The van der Waals surface area contributed by atoms with Crippen molar-refractivity contribution in [2.45, 2.75) is 32.2 Å². The molecule has 1 heterocycles. The third kappa shape index (κ3) is 3.24. The number of carbonyl (C=O) groups is 2. The largest absolute Gasteiger partial charge is 0.493 e. The molecule has 1 aromatic rings. The van der Waals surface area contributed by atoms with Gasteiger partial charge in [-0.25, -0.2) is 0 Å². The van der Waals surface area contributed by atoms with Gasteiger partial charge in [-0.2, -0.15) is 0 Å². The molecular formula is C14H17NO4. The molecule has 0 bridgehead atoms. The van der Waals surface area contributed by atoms with Crippen molar-refractivity contribution < 1.29 is 19.4 Å². The van der Waals surface area contributed by atoms with Gasteiger partial charge in [0.2, 0.25) is 0 Å². The molecule has 0 radical (unpaired) electrons. The highest BCUT2D eigenvalue weighted by molar-refractivity contribution is 5.95. The van der Waals surface area contributed by atoms with E-state index in [0.717, 1.165) is 17.7 Å². The Bertz CT molecular complexity index is 498. The summed E-state index contributed by atoms with van der Waals surface area (Å²) < 4.78 is 5.38. The van der Waals surface area contributed by atoms with Gasteiger partial charge in [-0.15, -0.1) is 0 Å². The first-order valence-electron chi connectivity index (χ1n) is 6.38. The molecule has 1 aliphatic heterocycles. The summed E-state index contributed by atoms with van der Waals surface area (Å²) in [6.45, 7) is 2.50. The zero-order valence-electron chi connectivity index (χ0n) is 10.8. The molecule has 0 spiro atoms. The van der Waals surface area contributed by atoms with Crippen molar-refractivity contribution >= 4 is 11.9 Å². The molecule has 1 aromatic carbocycles. The van der Waals surface area contributed by atoms with E-state index in [-0.39, 0.29) is 18.4 Å². The van der Waals surface area contributed by atoms with Gasteiger partial charge in [0.25, 0.3) is 5.91 Å². The molecule has 1 unspecified atom stereocenters. The molecule has 102 valence electrons. The molecule has 0 saturated heterocycles. The average molecular weight is 263 g/mol. The number of amides is 1. The number of carboxylic acid groups (broad SMARTS) is 1. The highest BCUT2D eigenvalue weighted by Gasteiger charge is 2.18. The van der Waals surface area contributed by atoms with Crippen molar-refractivity contribution in [2.75, 3.05) is 6.61 Å². The van der Waals surface area contributed by atoms with Gasteiger partial charge in [-0.05, 0) is 30.2 Å². The molecule has 1 aliphatic rings. The van der Waals surface area contributed by atoms with Gasteiger partial charge in [0.05, 0.1) is 13.0 Å². The lowest BCUT2D eigenvalue weighted by molar-refractivity contribution is -0.137. The summed E-state index contributed by atoms with van der Waals surface area (Å²) in [6, 6.07) is 4.96. The van der Waals surface area contributed by atoms with E-state index in [1.807, 2.05) is 13.0 Å². The standard InChI is InChI=1S/C14H17NO4/c1-2-11(8-13(16)17)15-14(18)10-3-4-12-9(7-10)5-6-19-12/h3-4,7,11H,2,5-6,8H2,1H3,(H,15,18)(H,16,17). The fraction of sp³-hybridized carbons (Fsp3) is 0.429. The third-order valence-corrected chi connectivity index (χ3v) is 3.20. The number of carbonyl (C=O) groups excluding carboxylic acids is 1. The molecule has 5 heteroatoms. The molecule has 1 amide bonds. The van der Waals surface area contributed by atoms with E-state index in [1.54, 1.807) is 12.1 Å². The highest BCUT2D eigenvalue weighted by Crippen LogP contribution is 2.25. The molecule has 0 fully saturated rings. The number of ether oxygens (including phenoxy) is 1. The van der Waals surface area contributed by atoms with Crippen molar-refractivity contribution in [1.82, 2.24) is 5.32 Å². The van der Waals surface area contributed by atoms with Crippen LogP contribution in [-0.2, 0) is 11.2 Å². The van der Waals surface area contributed by atoms with Crippen LogP contribution in [0.5, 0.6) is 5.75 Å². The molecule has 19 heavy (non-hydrogen) atoms. The Balaban J connectivity index is 2.05. The van der Waals surface area contributed by atoms with Crippen molar-refractivity contribution in [3.8, 4) is 5.75 Å². The number of hydrogen-bond donors (Lipinski definition) is 2. The van der Waals surface area contributed by atoms with E-state index >= 15 is 0 Å². The van der Waals surface area contributed by atoms with Crippen LogP contribution in [-0.4, -0.2) is 29.6 Å². The minimum Gasteiger partial charge on any atom is -0.493 e. The molecule has 0 saturated carbocycles. The summed E-state index contributed by atoms with van der Waals surface area (Å²) in [5.74, 6) is -0.313. The fourth-order valence-electron chi connectivity index (χ4n) is 2.10. The first-order valence-corrected chi connectivity index (χ1v) is 6.38. The monoisotopic (exact) mass is 263 g/mol. The summed E-state index contributed by atoms with van der Waals surface area (Å²) >= 11 is 0. The van der Waals surface area contributed by atoms with Crippen LogP contribution in [0.1, 0.15) is 35.7 Å². The Hall–Kier alpha value is -2.04. The van der Waals surface area contributed by atoms with E-state index in [4.69, 9.17) is 9.84 Å². The lowest BCUT2D eigenvalue weighted by atomic mass is 10.1. The van der Waals surface area contributed by atoms with Gasteiger partial charge in [-0.3, -0.25) is 9.59 Å². The summed E-state index contributed by atoms with van der Waals surface area (Å²) in [4.78, 5) is 22.7. The van der Waals surface area contributed by atoms with Crippen molar-refractivity contribution in [2.24, 2.45) is 0 Å². The lowest BCUT2D eigenvalue weighted by Crippen LogP contribution is -2.36. The van der Waals surface area contributed by atoms with E-state index in [2.05, 4.69) is 5.32 Å². The lowest BCUT2D eigenvalue weighted by Gasteiger charge is -2.15. The maximum absolute atomic E-state index is 12.1. The van der Waals surface area contributed by atoms with Gasteiger partial charge < -0.3 is 15.2 Å². The smallest absolute Gasteiger partial charge is 0.305 e. The molecule has 5 nitrogen and oxygen atoms in total. The van der Waals surface area contributed by atoms with Crippen molar-refractivity contribution in [3.05, 3.63) is 29.3 Å². The Morgan fingerprint density at radius 3 is 2.95 bits per heavy atom. The van der Waals surface area contributed by atoms with Crippen molar-refractivity contribution in [1.29, 1.82) is 0 Å². The highest BCUT2D eigenvalue weighted by atomic mass is 16.5. The van der Waals surface area contributed by atoms with Gasteiger partial charge in [-0.1, -0.05) is 6.92 Å². The molecule has 1 atom stereocenters. The third-order valence-electron chi connectivity index (χ3n) is 3.20. The van der Waals surface area contributed by atoms with Crippen molar-refractivity contribution in [3.63, 3.8) is 0 Å². The number of benzene rings is 1. The Morgan fingerprint density at radius 2 is 2.26 bits per heavy atom.